The fraction of sp³-hybridized carbons (Fsp3) is 1.00. The highest BCUT2D eigenvalue weighted by atomic mass is 32.3. The van der Waals surface area contributed by atoms with Crippen molar-refractivity contribution in [2.45, 2.75) is 56.5 Å². The van der Waals surface area contributed by atoms with Crippen molar-refractivity contribution >= 4 is 44.5 Å². The van der Waals surface area contributed by atoms with Gasteiger partial charge in [-0.1, -0.05) is 0 Å². The molecule has 0 spiro atoms. The van der Waals surface area contributed by atoms with Gasteiger partial charge in [0, 0.05) is 0 Å². The van der Waals surface area contributed by atoms with Gasteiger partial charge in [0.1, 0.15) is 0 Å². The molecule has 0 radical (unpaired) electrons. The zero-order valence-electron chi connectivity index (χ0n) is 14.2. The van der Waals surface area contributed by atoms with E-state index in [0.29, 0.717) is 18.6 Å². The van der Waals surface area contributed by atoms with E-state index in [4.69, 9.17) is 4.55 Å². The highest BCUT2D eigenvalue weighted by Crippen LogP contribution is 2.50. The van der Waals surface area contributed by atoms with Crippen molar-refractivity contribution in [3.05, 3.63) is 0 Å². The van der Waals surface area contributed by atoms with Crippen molar-refractivity contribution in [2.24, 2.45) is 0 Å². The standard InChI is InChI=1S/C13H30O6S4/c1-12(2,22(14,15)16)6-10-20-8-5-9-21-11-7-13(3,4)23(17,18)19/h14-16H,5-11H2,1-4H3,(H,17,18,19). The number of hydrogen-bond donors (Lipinski definition) is 4. The molecule has 0 aliphatic carbocycles. The first-order valence-electron chi connectivity index (χ1n) is 7.33. The Morgan fingerprint density at radius 3 is 1.48 bits per heavy atom. The molecule has 0 saturated heterocycles. The van der Waals surface area contributed by atoms with Crippen LogP contribution in [0.1, 0.15) is 47.0 Å². The highest BCUT2D eigenvalue weighted by molar-refractivity contribution is 8.20. The molecule has 10 heteroatoms. The minimum Gasteiger partial charge on any atom is -0.308 e. The van der Waals surface area contributed by atoms with Gasteiger partial charge in [-0.15, -0.1) is 0 Å². The first kappa shape index (κ1) is 23.8. The predicted octanol–water partition coefficient (Wildman–Crippen LogP) is 4.29. The summed E-state index contributed by atoms with van der Waals surface area (Å²) in [4.78, 5) is 0. The smallest absolute Gasteiger partial charge is 0.270 e. The van der Waals surface area contributed by atoms with E-state index in [-0.39, 0.29) is 0 Å². The topological polar surface area (TPSA) is 115 Å². The second kappa shape index (κ2) is 9.51. The van der Waals surface area contributed by atoms with Crippen molar-refractivity contribution < 1.29 is 26.6 Å². The molecule has 0 heterocycles. The predicted molar refractivity (Wildman–Crippen MR) is 104 cm³/mol. The fourth-order valence-corrected chi connectivity index (χ4v) is 4.96. The molecule has 0 aliphatic heterocycles. The average molecular weight is 411 g/mol. The van der Waals surface area contributed by atoms with Gasteiger partial charge in [-0.2, -0.15) is 31.9 Å². The van der Waals surface area contributed by atoms with Crippen LogP contribution >= 0.6 is 34.4 Å². The molecule has 0 amide bonds. The van der Waals surface area contributed by atoms with Crippen LogP contribution in [-0.2, 0) is 10.1 Å². The third-order valence-corrected chi connectivity index (χ3v) is 9.14. The van der Waals surface area contributed by atoms with Crippen molar-refractivity contribution in [3.8, 4) is 0 Å². The normalized spacial score (nSPS) is 15.0. The summed E-state index contributed by atoms with van der Waals surface area (Å²) in [6.45, 7) is 6.31. The van der Waals surface area contributed by atoms with Gasteiger partial charge in [-0.05, 0) is 70.0 Å². The van der Waals surface area contributed by atoms with Gasteiger partial charge >= 0.3 is 0 Å². The molecular formula is C13H30O6S4. The number of rotatable bonds is 12. The van der Waals surface area contributed by atoms with Gasteiger partial charge in [0.15, 0.2) is 0 Å². The van der Waals surface area contributed by atoms with E-state index in [9.17, 15) is 22.1 Å². The fourth-order valence-electron chi connectivity index (χ4n) is 1.37. The van der Waals surface area contributed by atoms with E-state index in [0.717, 1.165) is 23.7 Å². The zero-order chi connectivity index (χ0) is 18.4. The van der Waals surface area contributed by atoms with Crippen molar-refractivity contribution in [3.63, 3.8) is 0 Å². The van der Waals surface area contributed by atoms with Crippen LogP contribution in [0.5, 0.6) is 0 Å². The monoisotopic (exact) mass is 410 g/mol. The maximum Gasteiger partial charge on any atom is 0.270 e. The first-order valence-corrected chi connectivity index (χ1v) is 12.6. The van der Waals surface area contributed by atoms with Crippen LogP contribution in [0.15, 0.2) is 0 Å². The molecule has 142 valence electrons. The summed E-state index contributed by atoms with van der Waals surface area (Å²) in [6, 6.07) is 0. The number of thioether (sulfide) groups is 2. The van der Waals surface area contributed by atoms with Gasteiger partial charge in [-0.25, -0.2) is 0 Å². The molecule has 6 nitrogen and oxygen atoms in total. The van der Waals surface area contributed by atoms with Crippen LogP contribution in [-0.4, -0.2) is 59.1 Å². The Balaban J connectivity index is 3.70. The summed E-state index contributed by atoms with van der Waals surface area (Å²) in [6.07, 6.45) is 1.90. The van der Waals surface area contributed by atoms with Crippen LogP contribution in [0, 0.1) is 0 Å². The molecule has 0 atom stereocenters. The summed E-state index contributed by atoms with van der Waals surface area (Å²) < 4.78 is 57.2. The molecule has 4 N–H and O–H groups in total. The maximum absolute atomic E-state index is 11.1. The molecule has 0 aromatic rings. The minimum atomic E-state index is -4.01. The van der Waals surface area contributed by atoms with Crippen LogP contribution in [0.25, 0.3) is 0 Å². The van der Waals surface area contributed by atoms with Crippen molar-refractivity contribution in [1.82, 2.24) is 0 Å². The number of hydrogen-bond acceptors (Lipinski definition) is 7. The van der Waals surface area contributed by atoms with E-state index >= 15 is 0 Å². The summed E-state index contributed by atoms with van der Waals surface area (Å²) in [5.74, 6) is 3.25. The first-order chi connectivity index (χ1) is 10.2. The Hall–Kier alpha value is 0.840. The second-order valence-electron chi connectivity index (χ2n) is 6.59. The Morgan fingerprint density at radius 1 is 0.739 bits per heavy atom. The van der Waals surface area contributed by atoms with Gasteiger partial charge < -0.3 is 13.7 Å². The van der Waals surface area contributed by atoms with Gasteiger partial charge in [0.25, 0.3) is 10.1 Å². The Labute approximate surface area is 150 Å². The molecule has 0 saturated carbocycles. The lowest BCUT2D eigenvalue weighted by atomic mass is 10.1. The molecule has 0 aliphatic rings. The van der Waals surface area contributed by atoms with Crippen LogP contribution in [0.2, 0.25) is 0 Å². The Morgan fingerprint density at radius 2 is 1.13 bits per heavy atom. The lowest BCUT2D eigenvalue weighted by Gasteiger charge is -2.37. The molecular weight excluding hydrogens is 380 g/mol. The third-order valence-electron chi connectivity index (χ3n) is 3.71. The lowest BCUT2D eigenvalue weighted by Crippen LogP contribution is -2.31. The van der Waals surface area contributed by atoms with Gasteiger partial charge in [0.2, 0.25) is 0 Å². The SMILES string of the molecule is CC(C)(CCSCCCSCCC(C)(C)S(=O)(=O)O)S(O)(O)O. The molecule has 0 aromatic heterocycles. The van der Waals surface area contributed by atoms with E-state index in [1.165, 1.54) is 13.8 Å². The lowest BCUT2D eigenvalue weighted by molar-refractivity contribution is 0.337. The molecule has 23 heavy (non-hydrogen) atoms. The third kappa shape index (κ3) is 9.20. The van der Waals surface area contributed by atoms with Gasteiger partial charge in [-0.3, -0.25) is 4.55 Å². The highest BCUT2D eigenvalue weighted by Gasteiger charge is 2.35. The molecule has 0 unspecified atom stereocenters. The van der Waals surface area contributed by atoms with Crippen LogP contribution < -0.4 is 0 Å². The van der Waals surface area contributed by atoms with Crippen LogP contribution in [0.4, 0.5) is 0 Å². The average Bonchev–Trinajstić information content (AvgIpc) is 2.33. The Kier molecular flexibility index (Phi) is 9.86. The van der Waals surface area contributed by atoms with Crippen molar-refractivity contribution in [1.29, 1.82) is 0 Å². The molecule has 0 aromatic carbocycles. The van der Waals surface area contributed by atoms with E-state index in [2.05, 4.69) is 0 Å². The zero-order valence-corrected chi connectivity index (χ0v) is 17.5. The summed E-state index contributed by atoms with van der Waals surface area (Å²) in [7, 11) is -7.53. The van der Waals surface area contributed by atoms with Crippen LogP contribution in [0.3, 0.4) is 0 Å². The van der Waals surface area contributed by atoms with E-state index < -0.39 is 30.5 Å². The van der Waals surface area contributed by atoms with Gasteiger partial charge in [0.05, 0.1) is 20.4 Å². The maximum atomic E-state index is 11.1. The quantitative estimate of drug-likeness (QED) is 0.278. The summed E-state index contributed by atoms with van der Waals surface area (Å²) in [5.41, 5.74) is 0. The van der Waals surface area contributed by atoms with Crippen molar-refractivity contribution in [2.75, 3.05) is 23.0 Å². The van der Waals surface area contributed by atoms with E-state index in [1.807, 2.05) is 0 Å². The Bertz CT molecular complexity index is 442. The summed E-state index contributed by atoms with van der Waals surface area (Å²) in [5, 5.41) is 0. The molecule has 0 rings (SSSR count). The van der Waals surface area contributed by atoms with E-state index in [1.54, 1.807) is 37.4 Å². The largest absolute Gasteiger partial charge is 0.308 e. The molecule has 0 bridgehead atoms. The molecule has 0 fully saturated rings. The second-order valence-corrected chi connectivity index (χ2v) is 13.2. The summed E-state index contributed by atoms with van der Waals surface area (Å²) >= 11 is 3.35. The minimum absolute atomic E-state index is 0.409.